The van der Waals surface area contributed by atoms with Crippen molar-refractivity contribution in [1.29, 1.82) is 0 Å². The van der Waals surface area contributed by atoms with Crippen LogP contribution in [0.5, 0.6) is 5.75 Å². The first-order valence-electron chi connectivity index (χ1n) is 3.61. The van der Waals surface area contributed by atoms with Crippen molar-refractivity contribution in [2.75, 3.05) is 0 Å². The van der Waals surface area contributed by atoms with Gasteiger partial charge in [0.25, 0.3) is 0 Å². The standard InChI is InChI=1S/C9H8O2/c1-2-6-9-8(4-1)5-3-7-10-11-9/h1-2,4,6H,3,5H2. The molecule has 0 amide bonds. The molecule has 0 saturated carbocycles. The quantitative estimate of drug-likeness (QED) is 0.524. The molecular weight excluding hydrogens is 140 g/mol. The van der Waals surface area contributed by atoms with Gasteiger partial charge >= 0.3 is 0 Å². The number of benzene rings is 1. The van der Waals surface area contributed by atoms with Crippen LogP contribution in [0.1, 0.15) is 12.0 Å². The van der Waals surface area contributed by atoms with Crippen molar-refractivity contribution in [3.63, 3.8) is 0 Å². The van der Waals surface area contributed by atoms with E-state index in [2.05, 4.69) is 11.5 Å². The van der Waals surface area contributed by atoms with Crippen LogP contribution in [0.2, 0.25) is 0 Å². The van der Waals surface area contributed by atoms with Crippen LogP contribution in [0, 0.1) is 6.61 Å². The lowest BCUT2D eigenvalue weighted by Gasteiger charge is -2.01. The van der Waals surface area contributed by atoms with Crippen LogP contribution in [-0.4, -0.2) is 0 Å². The molecule has 0 saturated heterocycles. The lowest BCUT2D eigenvalue weighted by molar-refractivity contribution is -0.172. The number of hydrogen-bond donors (Lipinski definition) is 0. The lowest BCUT2D eigenvalue weighted by atomic mass is 10.1. The molecule has 1 aliphatic rings. The zero-order valence-corrected chi connectivity index (χ0v) is 6.04. The van der Waals surface area contributed by atoms with E-state index in [4.69, 9.17) is 4.89 Å². The molecule has 0 bridgehead atoms. The summed E-state index contributed by atoms with van der Waals surface area (Å²) in [5.41, 5.74) is 1.18. The van der Waals surface area contributed by atoms with Crippen molar-refractivity contribution in [2.45, 2.75) is 12.8 Å². The molecule has 1 aliphatic heterocycles. The Balaban J connectivity index is 2.33. The second-order valence-electron chi connectivity index (χ2n) is 2.42. The summed E-state index contributed by atoms with van der Waals surface area (Å²) in [6.45, 7) is 2.67. The minimum absolute atomic E-state index is 0.789. The summed E-state index contributed by atoms with van der Waals surface area (Å²) in [6, 6.07) is 7.84. The van der Waals surface area contributed by atoms with Crippen molar-refractivity contribution in [2.24, 2.45) is 0 Å². The predicted octanol–water partition coefficient (Wildman–Crippen LogP) is 1.98. The fourth-order valence-electron chi connectivity index (χ4n) is 1.09. The van der Waals surface area contributed by atoms with E-state index < -0.39 is 0 Å². The second kappa shape index (κ2) is 2.93. The third-order valence-corrected chi connectivity index (χ3v) is 1.66. The van der Waals surface area contributed by atoms with Crippen LogP contribution in [0.3, 0.4) is 0 Å². The van der Waals surface area contributed by atoms with E-state index in [1.807, 2.05) is 24.3 Å². The van der Waals surface area contributed by atoms with E-state index in [-0.39, 0.29) is 0 Å². The minimum atomic E-state index is 0.789. The molecule has 0 spiro atoms. The number of para-hydroxylation sites is 1. The minimum Gasteiger partial charge on any atom is -0.336 e. The molecule has 56 valence electrons. The SMILES string of the molecule is [C]1CCc2ccccc2OO1. The Hall–Kier alpha value is -1.02. The molecule has 0 aromatic heterocycles. The maximum absolute atomic E-state index is 4.94. The summed E-state index contributed by atoms with van der Waals surface area (Å²) in [5, 5.41) is 0. The fourth-order valence-corrected chi connectivity index (χ4v) is 1.09. The van der Waals surface area contributed by atoms with E-state index in [0.29, 0.717) is 0 Å². The highest BCUT2D eigenvalue weighted by molar-refractivity contribution is 5.33. The summed E-state index contributed by atoms with van der Waals surface area (Å²) in [5.74, 6) is 0.803. The second-order valence-corrected chi connectivity index (χ2v) is 2.42. The van der Waals surface area contributed by atoms with E-state index in [9.17, 15) is 0 Å². The molecule has 1 aromatic carbocycles. The molecule has 0 fully saturated rings. The van der Waals surface area contributed by atoms with Crippen LogP contribution < -0.4 is 4.89 Å². The molecule has 1 aromatic rings. The predicted molar refractivity (Wildman–Crippen MR) is 39.7 cm³/mol. The summed E-state index contributed by atoms with van der Waals surface area (Å²) < 4.78 is 0. The number of hydrogen-bond acceptors (Lipinski definition) is 2. The highest BCUT2D eigenvalue weighted by atomic mass is 17.2. The molecular formula is C9H8O2. The van der Waals surface area contributed by atoms with Crippen LogP contribution >= 0.6 is 0 Å². The van der Waals surface area contributed by atoms with Crippen LogP contribution in [-0.2, 0) is 11.3 Å². The monoisotopic (exact) mass is 148 g/mol. The van der Waals surface area contributed by atoms with Gasteiger partial charge in [0.05, 0.1) is 0 Å². The third kappa shape index (κ3) is 1.35. The maximum Gasteiger partial charge on any atom is 0.188 e. The molecule has 2 nitrogen and oxygen atoms in total. The van der Waals surface area contributed by atoms with E-state index in [1.165, 1.54) is 5.56 Å². The highest BCUT2D eigenvalue weighted by Gasteiger charge is 2.08. The van der Waals surface area contributed by atoms with Crippen molar-refractivity contribution in [1.82, 2.24) is 0 Å². The van der Waals surface area contributed by atoms with Gasteiger partial charge in [-0.25, -0.2) is 0 Å². The summed E-state index contributed by atoms with van der Waals surface area (Å²) in [6.07, 6.45) is 1.73. The normalized spacial score (nSPS) is 16.4. The van der Waals surface area contributed by atoms with E-state index in [0.717, 1.165) is 18.6 Å². The molecule has 2 heteroatoms. The van der Waals surface area contributed by atoms with Gasteiger partial charge in [-0.3, -0.25) is 0 Å². The van der Waals surface area contributed by atoms with Crippen molar-refractivity contribution < 1.29 is 9.78 Å². The molecule has 1 heterocycles. The van der Waals surface area contributed by atoms with Crippen LogP contribution in [0.25, 0.3) is 0 Å². The zero-order valence-electron chi connectivity index (χ0n) is 6.04. The first-order valence-corrected chi connectivity index (χ1v) is 3.61. The summed E-state index contributed by atoms with van der Waals surface area (Å²) >= 11 is 0. The van der Waals surface area contributed by atoms with Gasteiger partial charge in [-0.15, -0.1) is 0 Å². The van der Waals surface area contributed by atoms with Crippen molar-refractivity contribution >= 4 is 0 Å². The highest BCUT2D eigenvalue weighted by Crippen LogP contribution is 2.23. The Morgan fingerprint density at radius 3 is 3.18 bits per heavy atom. The largest absolute Gasteiger partial charge is 0.336 e. The van der Waals surface area contributed by atoms with E-state index >= 15 is 0 Å². The van der Waals surface area contributed by atoms with Crippen LogP contribution in [0.15, 0.2) is 24.3 Å². The Bertz CT molecular complexity index is 220. The Morgan fingerprint density at radius 2 is 2.18 bits per heavy atom. The van der Waals surface area contributed by atoms with Gasteiger partial charge in [0.15, 0.2) is 12.4 Å². The van der Waals surface area contributed by atoms with Gasteiger partial charge in [-0.2, -0.15) is 4.89 Å². The molecule has 0 atom stereocenters. The number of aryl methyl sites for hydroxylation is 1. The maximum atomic E-state index is 4.94. The molecule has 2 radical (unpaired) electrons. The van der Waals surface area contributed by atoms with Crippen molar-refractivity contribution in [3.05, 3.63) is 36.4 Å². The average Bonchev–Trinajstić information content (AvgIpc) is 2.28. The topological polar surface area (TPSA) is 18.5 Å². The van der Waals surface area contributed by atoms with Crippen molar-refractivity contribution in [3.8, 4) is 5.75 Å². The van der Waals surface area contributed by atoms with Gasteiger partial charge < -0.3 is 4.89 Å². The number of rotatable bonds is 0. The summed E-state index contributed by atoms with van der Waals surface area (Å²) in [4.78, 5) is 9.61. The lowest BCUT2D eigenvalue weighted by Crippen LogP contribution is -1.90. The Labute approximate surface area is 65.7 Å². The molecule has 0 aliphatic carbocycles. The molecule has 0 unspecified atom stereocenters. The fraction of sp³-hybridized carbons (Fsp3) is 0.222. The zero-order chi connectivity index (χ0) is 7.52. The summed E-state index contributed by atoms with van der Waals surface area (Å²) in [7, 11) is 0. The van der Waals surface area contributed by atoms with Gasteiger partial charge in [0, 0.05) is 0 Å². The third-order valence-electron chi connectivity index (χ3n) is 1.66. The number of fused-ring (bicyclic) bond motifs is 1. The van der Waals surface area contributed by atoms with Gasteiger partial charge in [0.1, 0.15) is 0 Å². The Kier molecular flexibility index (Phi) is 1.78. The smallest absolute Gasteiger partial charge is 0.188 e. The van der Waals surface area contributed by atoms with E-state index in [1.54, 1.807) is 0 Å². The van der Waals surface area contributed by atoms with Crippen LogP contribution in [0.4, 0.5) is 0 Å². The first-order chi connectivity index (χ1) is 5.47. The molecule has 0 N–H and O–H groups in total. The van der Waals surface area contributed by atoms with Gasteiger partial charge in [0.2, 0.25) is 0 Å². The van der Waals surface area contributed by atoms with Gasteiger partial charge in [-0.1, -0.05) is 18.2 Å². The average molecular weight is 148 g/mol. The molecule has 2 rings (SSSR count). The molecule has 11 heavy (non-hydrogen) atoms. The first kappa shape index (κ1) is 6.68. The van der Waals surface area contributed by atoms with Gasteiger partial charge in [-0.05, 0) is 24.5 Å². The Morgan fingerprint density at radius 1 is 1.27 bits per heavy atom.